The average molecular weight is 543 g/mol. The van der Waals surface area contributed by atoms with Gasteiger partial charge in [0.05, 0.1) is 25.3 Å². The SMILES string of the molecule is CC(C)(N)C(=O)N[C@H](COCc1ccccc1)c1nnc2n1CCN(C(=O)OCc1cccc3ccccc13)C2. The van der Waals surface area contributed by atoms with Crippen molar-refractivity contribution in [1.82, 2.24) is 25.0 Å². The van der Waals surface area contributed by atoms with Crippen LogP contribution in [0.5, 0.6) is 0 Å². The Bertz CT molecular complexity index is 1480. The quantitative estimate of drug-likeness (QED) is 0.330. The van der Waals surface area contributed by atoms with Crippen LogP contribution in [0.3, 0.4) is 0 Å². The van der Waals surface area contributed by atoms with Gasteiger partial charge in [-0.25, -0.2) is 4.79 Å². The van der Waals surface area contributed by atoms with Crippen LogP contribution in [-0.2, 0) is 40.6 Å². The van der Waals surface area contributed by atoms with Crippen LogP contribution in [0, 0.1) is 0 Å². The van der Waals surface area contributed by atoms with E-state index in [0.29, 0.717) is 31.3 Å². The zero-order chi connectivity index (χ0) is 28.1. The van der Waals surface area contributed by atoms with E-state index in [1.54, 1.807) is 18.7 Å². The Morgan fingerprint density at radius 2 is 1.73 bits per heavy atom. The minimum atomic E-state index is -1.08. The van der Waals surface area contributed by atoms with Gasteiger partial charge >= 0.3 is 6.09 Å². The number of amides is 2. The van der Waals surface area contributed by atoms with Crippen LogP contribution in [-0.4, -0.2) is 50.4 Å². The third-order valence-electron chi connectivity index (χ3n) is 6.87. The molecule has 1 atom stereocenters. The van der Waals surface area contributed by atoms with Crippen molar-refractivity contribution in [3.8, 4) is 0 Å². The third kappa shape index (κ3) is 6.30. The van der Waals surface area contributed by atoms with Crippen molar-refractivity contribution < 1.29 is 19.1 Å². The zero-order valence-electron chi connectivity index (χ0n) is 22.7. The number of carbonyl (C=O) groups is 2. The summed E-state index contributed by atoms with van der Waals surface area (Å²) in [7, 11) is 0. The largest absolute Gasteiger partial charge is 0.445 e. The minimum absolute atomic E-state index is 0.177. The molecule has 0 fully saturated rings. The van der Waals surface area contributed by atoms with Gasteiger partial charge in [0, 0.05) is 13.1 Å². The van der Waals surface area contributed by atoms with E-state index in [0.717, 1.165) is 21.9 Å². The van der Waals surface area contributed by atoms with Crippen molar-refractivity contribution in [3.63, 3.8) is 0 Å². The lowest BCUT2D eigenvalue weighted by atomic mass is 10.1. The maximum absolute atomic E-state index is 12.9. The number of hydrogen-bond acceptors (Lipinski definition) is 7. The van der Waals surface area contributed by atoms with Crippen LogP contribution in [0.2, 0.25) is 0 Å². The van der Waals surface area contributed by atoms with Crippen molar-refractivity contribution >= 4 is 22.8 Å². The van der Waals surface area contributed by atoms with Gasteiger partial charge in [0.2, 0.25) is 5.91 Å². The highest BCUT2D eigenvalue weighted by atomic mass is 16.6. The molecule has 1 aliphatic heterocycles. The summed E-state index contributed by atoms with van der Waals surface area (Å²) in [6.45, 7) is 5.16. The lowest BCUT2D eigenvalue weighted by molar-refractivity contribution is -0.126. The van der Waals surface area contributed by atoms with E-state index in [1.807, 2.05) is 77.4 Å². The van der Waals surface area contributed by atoms with Crippen molar-refractivity contribution in [1.29, 1.82) is 0 Å². The number of hydrogen-bond donors (Lipinski definition) is 2. The second kappa shape index (κ2) is 11.8. The molecule has 5 rings (SSSR count). The maximum Gasteiger partial charge on any atom is 0.410 e. The smallest absolute Gasteiger partial charge is 0.410 e. The molecule has 3 N–H and O–H groups in total. The monoisotopic (exact) mass is 542 g/mol. The van der Waals surface area contributed by atoms with Crippen molar-refractivity contribution in [2.75, 3.05) is 13.2 Å². The molecule has 1 aromatic heterocycles. The molecule has 208 valence electrons. The molecule has 3 aromatic carbocycles. The van der Waals surface area contributed by atoms with Gasteiger partial charge < -0.3 is 25.1 Å². The average Bonchev–Trinajstić information content (AvgIpc) is 3.38. The molecule has 0 radical (unpaired) electrons. The number of rotatable bonds is 9. The van der Waals surface area contributed by atoms with Crippen LogP contribution >= 0.6 is 0 Å². The molecule has 10 nitrogen and oxygen atoms in total. The van der Waals surface area contributed by atoms with E-state index in [9.17, 15) is 9.59 Å². The lowest BCUT2D eigenvalue weighted by Crippen LogP contribution is -2.51. The van der Waals surface area contributed by atoms with E-state index < -0.39 is 17.7 Å². The van der Waals surface area contributed by atoms with Crippen LogP contribution in [0.15, 0.2) is 72.8 Å². The molecular weight excluding hydrogens is 508 g/mol. The molecule has 0 spiro atoms. The molecule has 0 bridgehead atoms. The molecule has 10 heteroatoms. The van der Waals surface area contributed by atoms with E-state index in [1.165, 1.54) is 0 Å². The normalized spacial score (nSPS) is 14.0. The van der Waals surface area contributed by atoms with Crippen LogP contribution in [0.25, 0.3) is 10.8 Å². The fraction of sp³-hybridized carbons (Fsp3) is 0.333. The Morgan fingerprint density at radius 1 is 0.975 bits per heavy atom. The summed E-state index contributed by atoms with van der Waals surface area (Å²) in [5.41, 5.74) is 6.93. The summed E-state index contributed by atoms with van der Waals surface area (Å²) in [5.74, 6) is 0.842. The van der Waals surface area contributed by atoms with E-state index >= 15 is 0 Å². The number of nitrogens with zero attached hydrogens (tertiary/aromatic N) is 4. The Balaban J connectivity index is 1.25. The summed E-state index contributed by atoms with van der Waals surface area (Å²) in [4.78, 5) is 27.3. The van der Waals surface area contributed by atoms with Gasteiger partial charge in [-0.05, 0) is 35.7 Å². The van der Waals surface area contributed by atoms with Gasteiger partial charge in [0.25, 0.3) is 0 Å². The Morgan fingerprint density at radius 3 is 2.52 bits per heavy atom. The predicted octanol–water partition coefficient (Wildman–Crippen LogP) is 3.70. The minimum Gasteiger partial charge on any atom is -0.445 e. The molecule has 40 heavy (non-hydrogen) atoms. The number of nitrogens with one attached hydrogen (secondary N) is 1. The zero-order valence-corrected chi connectivity index (χ0v) is 22.7. The molecule has 2 heterocycles. The Kier molecular flexibility index (Phi) is 8.09. The number of carbonyl (C=O) groups excluding carboxylic acids is 2. The molecule has 1 aliphatic rings. The molecule has 2 amide bonds. The van der Waals surface area contributed by atoms with Gasteiger partial charge in [0.1, 0.15) is 12.6 Å². The highest BCUT2D eigenvalue weighted by molar-refractivity contribution is 5.86. The molecule has 0 unspecified atom stereocenters. The van der Waals surface area contributed by atoms with Gasteiger partial charge in [-0.1, -0.05) is 72.8 Å². The first-order chi connectivity index (χ1) is 19.3. The van der Waals surface area contributed by atoms with Gasteiger partial charge in [0.15, 0.2) is 11.6 Å². The molecular formula is C30H34N6O4. The maximum atomic E-state index is 12.9. The Hall–Kier alpha value is -4.28. The van der Waals surface area contributed by atoms with E-state index in [-0.39, 0.29) is 25.7 Å². The first-order valence-electron chi connectivity index (χ1n) is 13.3. The molecule has 0 saturated carbocycles. The van der Waals surface area contributed by atoms with Crippen LogP contribution in [0.4, 0.5) is 4.79 Å². The number of nitrogens with two attached hydrogens (primary N) is 1. The van der Waals surface area contributed by atoms with E-state index in [2.05, 4.69) is 15.5 Å². The first-order valence-corrected chi connectivity index (χ1v) is 13.3. The Labute approximate surface area is 233 Å². The highest BCUT2D eigenvalue weighted by Crippen LogP contribution is 2.22. The third-order valence-corrected chi connectivity index (χ3v) is 6.87. The molecule has 4 aromatic rings. The molecule has 0 aliphatic carbocycles. The fourth-order valence-electron chi connectivity index (χ4n) is 4.64. The van der Waals surface area contributed by atoms with Crippen LogP contribution < -0.4 is 11.1 Å². The van der Waals surface area contributed by atoms with Crippen molar-refractivity contribution in [3.05, 3.63) is 95.6 Å². The number of benzene rings is 3. The summed E-state index contributed by atoms with van der Waals surface area (Å²) in [6.07, 6.45) is -0.412. The number of fused-ring (bicyclic) bond motifs is 2. The topological polar surface area (TPSA) is 125 Å². The number of aromatic nitrogens is 3. The summed E-state index contributed by atoms with van der Waals surface area (Å²) in [6, 6.07) is 23.2. The van der Waals surface area contributed by atoms with Crippen LogP contribution in [0.1, 0.15) is 42.7 Å². The highest BCUT2D eigenvalue weighted by Gasteiger charge is 2.32. The number of ether oxygens (including phenoxy) is 2. The van der Waals surface area contributed by atoms with E-state index in [4.69, 9.17) is 15.2 Å². The van der Waals surface area contributed by atoms with Gasteiger partial charge in [-0.15, -0.1) is 10.2 Å². The summed E-state index contributed by atoms with van der Waals surface area (Å²) in [5, 5.41) is 13.8. The summed E-state index contributed by atoms with van der Waals surface area (Å²) >= 11 is 0. The first kappa shape index (κ1) is 27.3. The lowest BCUT2D eigenvalue weighted by Gasteiger charge is -2.29. The van der Waals surface area contributed by atoms with Crippen molar-refractivity contribution in [2.24, 2.45) is 5.73 Å². The molecule has 0 saturated heterocycles. The second-order valence-electron chi connectivity index (χ2n) is 10.5. The second-order valence-corrected chi connectivity index (χ2v) is 10.5. The van der Waals surface area contributed by atoms with Gasteiger partial charge in [-0.3, -0.25) is 9.69 Å². The summed E-state index contributed by atoms with van der Waals surface area (Å²) < 4.78 is 13.5. The van der Waals surface area contributed by atoms with Gasteiger partial charge in [-0.2, -0.15) is 0 Å². The standard InChI is InChI=1S/C30H34N6O4/c1-30(2,31)28(37)32-25(20-39-18-21-9-4-3-5-10-21)27-34-33-26-17-35(15-16-36(26)27)29(38)40-19-23-13-8-12-22-11-6-7-14-24(22)23/h3-14,25H,15-20,31H2,1-2H3,(H,32,37)/t25-/m1/s1. The fourth-order valence-corrected chi connectivity index (χ4v) is 4.64. The van der Waals surface area contributed by atoms with Crippen molar-refractivity contribution in [2.45, 2.75) is 51.7 Å². The predicted molar refractivity (Wildman–Crippen MR) is 150 cm³/mol.